The second-order valence-electron chi connectivity index (χ2n) is 4.02. The van der Waals surface area contributed by atoms with Crippen molar-refractivity contribution >= 4 is 11.8 Å². The van der Waals surface area contributed by atoms with E-state index in [1.807, 2.05) is 0 Å². The van der Waals surface area contributed by atoms with E-state index in [1.165, 1.54) is 29.9 Å². The Kier molecular flexibility index (Phi) is 2.86. The molecule has 2 rings (SSSR count). The largest absolute Gasteiger partial charge is 0.299 e. The topological polar surface area (TPSA) is 40.6 Å². The molecule has 0 aromatic carbocycles. The zero-order valence-electron chi connectivity index (χ0n) is 8.98. The Morgan fingerprint density at radius 1 is 1.33 bits per heavy atom. The highest BCUT2D eigenvalue weighted by molar-refractivity contribution is 6.12. The number of hydrogen-bond donors (Lipinski definition) is 0. The average molecular weight is 208 g/mol. The second-order valence-corrected chi connectivity index (χ2v) is 4.02. The van der Waals surface area contributed by atoms with Crippen LogP contribution >= 0.6 is 0 Å². The van der Waals surface area contributed by atoms with Gasteiger partial charge in [-0.1, -0.05) is 6.92 Å². The first kappa shape index (κ1) is 10.4. The van der Waals surface area contributed by atoms with E-state index in [1.54, 1.807) is 0 Å². The minimum atomic E-state index is -0.174. The van der Waals surface area contributed by atoms with Crippen molar-refractivity contribution in [3.63, 3.8) is 0 Å². The molecule has 1 aliphatic heterocycles. The van der Waals surface area contributed by atoms with Crippen molar-refractivity contribution in [1.29, 1.82) is 0 Å². The van der Waals surface area contributed by atoms with Crippen LogP contribution in [0.4, 0.5) is 0 Å². The Balaban J connectivity index is 1.81. The van der Waals surface area contributed by atoms with Crippen molar-refractivity contribution in [3.8, 4) is 0 Å². The molecule has 4 nitrogen and oxygen atoms in total. The van der Waals surface area contributed by atoms with Crippen LogP contribution < -0.4 is 0 Å². The average Bonchev–Trinajstić information content (AvgIpc) is 3.00. The molecule has 0 aromatic heterocycles. The third-order valence-electron chi connectivity index (χ3n) is 2.98. The van der Waals surface area contributed by atoms with E-state index in [-0.39, 0.29) is 11.8 Å². The maximum atomic E-state index is 11.3. The molecule has 4 heteroatoms. The zero-order chi connectivity index (χ0) is 10.8. The number of imide groups is 1. The molecule has 0 radical (unpaired) electrons. The molecular weight excluding hydrogens is 192 g/mol. The van der Waals surface area contributed by atoms with Crippen LogP contribution in [0.15, 0.2) is 12.2 Å². The third-order valence-corrected chi connectivity index (χ3v) is 2.98. The maximum Gasteiger partial charge on any atom is 0.253 e. The Morgan fingerprint density at radius 3 is 2.40 bits per heavy atom. The van der Waals surface area contributed by atoms with Gasteiger partial charge in [-0.25, -0.2) is 0 Å². The van der Waals surface area contributed by atoms with Crippen molar-refractivity contribution < 1.29 is 9.59 Å². The number of likely N-dealkylation sites (N-methyl/N-ethyl adjacent to an activating group) is 1. The van der Waals surface area contributed by atoms with Gasteiger partial charge in [-0.15, -0.1) is 0 Å². The lowest BCUT2D eigenvalue weighted by Crippen LogP contribution is -2.39. The third kappa shape index (κ3) is 2.26. The van der Waals surface area contributed by atoms with Gasteiger partial charge in [-0.05, 0) is 19.4 Å². The first-order chi connectivity index (χ1) is 7.22. The predicted octanol–water partition coefficient (Wildman–Crippen LogP) is 0.396. The van der Waals surface area contributed by atoms with Crippen molar-refractivity contribution in [3.05, 3.63) is 12.2 Å². The van der Waals surface area contributed by atoms with Crippen LogP contribution in [-0.4, -0.2) is 47.3 Å². The van der Waals surface area contributed by atoms with Gasteiger partial charge in [0.15, 0.2) is 0 Å². The summed E-state index contributed by atoms with van der Waals surface area (Å²) in [5.41, 5.74) is 0. The molecule has 0 aromatic rings. The maximum absolute atomic E-state index is 11.3. The summed E-state index contributed by atoms with van der Waals surface area (Å²) in [7, 11) is 0. The van der Waals surface area contributed by atoms with Gasteiger partial charge in [0.25, 0.3) is 11.8 Å². The lowest BCUT2D eigenvalue weighted by Gasteiger charge is -2.22. The molecule has 1 fully saturated rings. The molecule has 1 heterocycles. The summed E-state index contributed by atoms with van der Waals surface area (Å²) >= 11 is 0. The Morgan fingerprint density at radius 2 is 1.93 bits per heavy atom. The number of amides is 2. The van der Waals surface area contributed by atoms with Gasteiger partial charge in [-0.2, -0.15) is 0 Å². The van der Waals surface area contributed by atoms with Crippen LogP contribution in [0.5, 0.6) is 0 Å². The highest BCUT2D eigenvalue weighted by atomic mass is 16.2. The summed E-state index contributed by atoms with van der Waals surface area (Å²) in [6, 6.07) is 0.691. The van der Waals surface area contributed by atoms with Crippen LogP contribution in [0.2, 0.25) is 0 Å². The second kappa shape index (κ2) is 4.14. The Hall–Kier alpha value is -1.16. The predicted molar refractivity (Wildman–Crippen MR) is 56.1 cm³/mol. The molecule has 0 unspecified atom stereocenters. The van der Waals surface area contributed by atoms with Gasteiger partial charge in [0, 0.05) is 31.3 Å². The number of nitrogens with zero attached hydrogens (tertiary/aromatic N) is 2. The zero-order valence-corrected chi connectivity index (χ0v) is 8.98. The van der Waals surface area contributed by atoms with Crippen molar-refractivity contribution in [2.45, 2.75) is 25.8 Å². The molecule has 15 heavy (non-hydrogen) atoms. The van der Waals surface area contributed by atoms with Gasteiger partial charge in [0.2, 0.25) is 0 Å². The number of hydrogen-bond acceptors (Lipinski definition) is 3. The van der Waals surface area contributed by atoms with Gasteiger partial charge >= 0.3 is 0 Å². The normalized spacial score (nSPS) is 20.8. The number of carbonyl (C=O) groups excluding carboxylic acids is 2. The van der Waals surface area contributed by atoms with E-state index in [0.29, 0.717) is 12.6 Å². The van der Waals surface area contributed by atoms with Gasteiger partial charge < -0.3 is 0 Å². The lowest BCUT2D eigenvalue weighted by molar-refractivity contribution is -0.137. The van der Waals surface area contributed by atoms with E-state index in [2.05, 4.69) is 11.8 Å². The molecule has 0 bridgehead atoms. The van der Waals surface area contributed by atoms with Crippen LogP contribution in [0.3, 0.4) is 0 Å². The van der Waals surface area contributed by atoms with Crippen LogP contribution in [0.1, 0.15) is 19.8 Å². The molecule has 2 aliphatic rings. The summed E-state index contributed by atoms with van der Waals surface area (Å²) in [6.45, 7) is 4.44. The molecule has 2 amide bonds. The summed E-state index contributed by atoms with van der Waals surface area (Å²) in [4.78, 5) is 26.2. The van der Waals surface area contributed by atoms with Gasteiger partial charge in [0.05, 0.1) is 0 Å². The van der Waals surface area contributed by atoms with Crippen molar-refractivity contribution in [2.75, 3.05) is 19.6 Å². The summed E-state index contributed by atoms with van der Waals surface area (Å²) in [5.74, 6) is -0.348. The smallest absolute Gasteiger partial charge is 0.253 e. The molecule has 1 saturated carbocycles. The number of rotatable bonds is 5. The van der Waals surface area contributed by atoms with Crippen LogP contribution in [0, 0.1) is 0 Å². The first-order valence-corrected chi connectivity index (χ1v) is 5.50. The molecule has 82 valence electrons. The summed E-state index contributed by atoms with van der Waals surface area (Å²) in [6.07, 6.45) is 5.20. The van der Waals surface area contributed by atoms with Crippen molar-refractivity contribution in [2.24, 2.45) is 0 Å². The number of carbonyl (C=O) groups is 2. The van der Waals surface area contributed by atoms with Crippen LogP contribution in [-0.2, 0) is 9.59 Å². The standard InChI is InChI=1S/C11H16N2O2/c1-2-12(9-3-4-9)7-8-13-10(14)5-6-11(13)15/h5-6,9H,2-4,7-8H2,1H3. The first-order valence-electron chi connectivity index (χ1n) is 5.50. The van der Waals surface area contributed by atoms with E-state index in [9.17, 15) is 9.59 Å². The lowest BCUT2D eigenvalue weighted by atomic mass is 10.4. The monoisotopic (exact) mass is 208 g/mol. The van der Waals surface area contributed by atoms with E-state index in [0.717, 1.165) is 13.1 Å². The highest BCUT2D eigenvalue weighted by Gasteiger charge is 2.29. The molecular formula is C11H16N2O2. The van der Waals surface area contributed by atoms with Gasteiger partial charge in [-0.3, -0.25) is 19.4 Å². The highest BCUT2D eigenvalue weighted by Crippen LogP contribution is 2.26. The molecule has 0 N–H and O–H groups in total. The fraction of sp³-hybridized carbons (Fsp3) is 0.636. The molecule has 1 aliphatic carbocycles. The van der Waals surface area contributed by atoms with E-state index in [4.69, 9.17) is 0 Å². The molecule has 0 spiro atoms. The Labute approximate surface area is 89.5 Å². The Bertz CT molecular complexity index is 290. The van der Waals surface area contributed by atoms with Crippen molar-refractivity contribution in [1.82, 2.24) is 9.80 Å². The van der Waals surface area contributed by atoms with Crippen LogP contribution in [0.25, 0.3) is 0 Å². The fourth-order valence-corrected chi connectivity index (χ4v) is 1.92. The minimum absolute atomic E-state index is 0.174. The quantitative estimate of drug-likeness (QED) is 0.614. The summed E-state index contributed by atoms with van der Waals surface area (Å²) < 4.78 is 0. The molecule has 0 atom stereocenters. The fourth-order valence-electron chi connectivity index (χ4n) is 1.92. The van der Waals surface area contributed by atoms with E-state index < -0.39 is 0 Å². The summed E-state index contributed by atoms with van der Waals surface area (Å²) in [5, 5.41) is 0. The van der Waals surface area contributed by atoms with Gasteiger partial charge in [0.1, 0.15) is 0 Å². The van der Waals surface area contributed by atoms with E-state index >= 15 is 0 Å². The molecule has 0 saturated heterocycles. The minimum Gasteiger partial charge on any atom is -0.299 e. The SMILES string of the molecule is CCN(CCN1C(=O)C=CC1=O)C1CC1.